The number of urea groups is 1. The molecule has 0 spiro atoms. The maximum atomic E-state index is 11.7. The highest BCUT2D eigenvalue weighted by molar-refractivity contribution is 6.30. The lowest BCUT2D eigenvalue weighted by molar-refractivity contribution is -0.00000699. The number of hydrogen-bond acceptors (Lipinski definition) is 2. The number of likely N-dealkylation sites (tertiary alicyclic amines) is 1. The molecular weight excluding hydrogens is 297 g/mol. The molecule has 0 atom stereocenters. The summed E-state index contributed by atoms with van der Waals surface area (Å²) in [5.41, 5.74) is 0.711. The van der Waals surface area contributed by atoms with Crippen LogP contribution in [0.4, 0.5) is 10.5 Å². The van der Waals surface area contributed by atoms with E-state index in [1.807, 2.05) is 12.1 Å². The number of nitrogens with zero attached hydrogens (tertiary/aromatic N) is 1. The highest BCUT2D eigenvalue weighted by Crippen LogP contribution is 2.14. The first-order chi connectivity index (χ1) is 9.24. The SMILES string of the molecule is O=C(NCCN1CCCCC1)Nc1cccc(Cl)c1.[Cl-]. The summed E-state index contributed by atoms with van der Waals surface area (Å²) in [6, 6.07) is 6.95. The number of amides is 2. The van der Waals surface area contributed by atoms with Crippen LogP contribution < -0.4 is 23.0 Å². The standard InChI is InChI=1S/C14H20ClN3O.ClH/c15-12-5-4-6-13(11-12)17-14(19)16-7-10-18-8-2-1-3-9-18;/h4-6,11H,1-3,7-10H2,(H2,16,17,19);1H/p-1. The Balaban J connectivity index is 0.00000200. The first-order valence-corrected chi connectivity index (χ1v) is 7.14. The van der Waals surface area contributed by atoms with Gasteiger partial charge in [-0.15, -0.1) is 0 Å². The van der Waals surface area contributed by atoms with Gasteiger partial charge in [0.15, 0.2) is 0 Å². The fraction of sp³-hybridized carbons (Fsp3) is 0.500. The summed E-state index contributed by atoms with van der Waals surface area (Å²) in [4.78, 5) is 14.1. The smallest absolute Gasteiger partial charge is 0.319 e. The van der Waals surface area contributed by atoms with Crippen LogP contribution in [-0.4, -0.2) is 37.1 Å². The number of rotatable bonds is 4. The van der Waals surface area contributed by atoms with Gasteiger partial charge in [0.2, 0.25) is 0 Å². The molecular formula is C14H20Cl2N3O-. The molecule has 0 aliphatic carbocycles. The van der Waals surface area contributed by atoms with Gasteiger partial charge < -0.3 is 27.9 Å². The summed E-state index contributed by atoms with van der Waals surface area (Å²) in [7, 11) is 0. The molecule has 0 unspecified atom stereocenters. The molecule has 1 heterocycles. The molecule has 1 fully saturated rings. The highest BCUT2D eigenvalue weighted by Gasteiger charge is 2.09. The fourth-order valence-electron chi connectivity index (χ4n) is 2.25. The summed E-state index contributed by atoms with van der Waals surface area (Å²) in [6.07, 6.45) is 3.88. The van der Waals surface area contributed by atoms with Crippen LogP contribution in [0.5, 0.6) is 0 Å². The fourth-order valence-corrected chi connectivity index (χ4v) is 2.44. The average Bonchev–Trinajstić information content (AvgIpc) is 2.40. The highest BCUT2D eigenvalue weighted by atomic mass is 35.5. The largest absolute Gasteiger partial charge is 1.00 e. The van der Waals surface area contributed by atoms with Gasteiger partial charge in [0.1, 0.15) is 0 Å². The molecule has 0 saturated carbocycles. The summed E-state index contributed by atoms with van der Waals surface area (Å²) in [6.45, 7) is 3.89. The van der Waals surface area contributed by atoms with Crippen LogP contribution >= 0.6 is 11.6 Å². The molecule has 1 aromatic carbocycles. The van der Waals surface area contributed by atoms with E-state index < -0.39 is 0 Å². The second-order valence-corrected chi connectivity index (χ2v) is 5.23. The van der Waals surface area contributed by atoms with Crippen molar-refractivity contribution in [1.29, 1.82) is 0 Å². The number of hydrogen-bond donors (Lipinski definition) is 2. The van der Waals surface area contributed by atoms with Crippen molar-refractivity contribution in [1.82, 2.24) is 10.2 Å². The minimum atomic E-state index is -0.181. The van der Waals surface area contributed by atoms with E-state index in [-0.39, 0.29) is 18.4 Å². The number of halogens is 2. The lowest BCUT2D eigenvalue weighted by Gasteiger charge is -2.26. The minimum Gasteiger partial charge on any atom is -1.00 e. The van der Waals surface area contributed by atoms with E-state index in [9.17, 15) is 4.79 Å². The number of carbonyl (C=O) groups excluding carboxylic acids is 1. The number of anilines is 1. The summed E-state index contributed by atoms with van der Waals surface area (Å²) in [5, 5.41) is 6.25. The summed E-state index contributed by atoms with van der Waals surface area (Å²) < 4.78 is 0. The molecule has 0 radical (unpaired) electrons. The zero-order valence-electron chi connectivity index (χ0n) is 11.4. The third-order valence-corrected chi connectivity index (χ3v) is 3.48. The van der Waals surface area contributed by atoms with Gasteiger partial charge in [-0.05, 0) is 44.1 Å². The Morgan fingerprint density at radius 1 is 1.25 bits per heavy atom. The minimum absolute atomic E-state index is 0. The van der Waals surface area contributed by atoms with E-state index in [1.165, 1.54) is 19.3 Å². The molecule has 6 heteroatoms. The first-order valence-electron chi connectivity index (χ1n) is 6.77. The van der Waals surface area contributed by atoms with E-state index in [0.29, 0.717) is 17.3 Å². The molecule has 1 aliphatic rings. The number of carbonyl (C=O) groups is 1. The lowest BCUT2D eigenvalue weighted by Crippen LogP contribution is -3.00. The number of piperidine rings is 1. The molecule has 20 heavy (non-hydrogen) atoms. The Morgan fingerprint density at radius 3 is 2.70 bits per heavy atom. The van der Waals surface area contributed by atoms with Crippen molar-refractivity contribution in [3.63, 3.8) is 0 Å². The molecule has 1 aromatic rings. The van der Waals surface area contributed by atoms with Crippen molar-refractivity contribution in [3.8, 4) is 0 Å². The average molecular weight is 317 g/mol. The van der Waals surface area contributed by atoms with Crippen LogP contribution in [0.15, 0.2) is 24.3 Å². The third kappa shape index (κ3) is 5.99. The normalized spacial score (nSPS) is 15.2. The van der Waals surface area contributed by atoms with E-state index in [2.05, 4.69) is 15.5 Å². The maximum absolute atomic E-state index is 11.7. The lowest BCUT2D eigenvalue weighted by atomic mass is 10.1. The first kappa shape index (κ1) is 17.1. The van der Waals surface area contributed by atoms with Crippen molar-refractivity contribution in [3.05, 3.63) is 29.3 Å². The zero-order valence-corrected chi connectivity index (χ0v) is 12.9. The van der Waals surface area contributed by atoms with E-state index in [1.54, 1.807) is 12.1 Å². The maximum Gasteiger partial charge on any atom is 0.319 e. The van der Waals surface area contributed by atoms with Gasteiger partial charge in [-0.2, -0.15) is 0 Å². The Hall–Kier alpha value is -0.970. The number of benzene rings is 1. The molecule has 112 valence electrons. The van der Waals surface area contributed by atoms with Gasteiger partial charge in [-0.3, -0.25) is 0 Å². The van der Waals surface area contributed by atoms with Crippen molar-refractivity contribution in [2.45, 2.75) is 19.3 Å². The Bertz CT molecular complexity index is 423. The van der Waals surface area contributed by atoms with Gasteiger partial charge >= 0.3 is 6.03 Å². The zero-order chi connectivity index (χ0) is 13.5. The van der Waals surface area contributed by atoms with Gasteiger partial charge in [0.25, 0.3) is 0 Å². The van der Waals surface area contributed by atoms with Crippen molar-refractivity contribution in [2.75, 3.05) is 31.5 Å². The molecule has 1 aliphatic heterocycles. The monoisotopic (exact) mass is 316 g/mol. The Morgan fingerprint density at radius 2 is 2.00 bits per heavy atom. The van der Waals surface area contributed by atoms with Crippen molar-refractivity contribution < 1.29 is 17.2 Å². The molecule has 1 saturated heterocycles. The second kappa shape index (κ2) is 9.06. The molecule has 4 nitrogen and oxygen atoms in total. The summed E-state index contributed by atoms with van der Waals surface area (Å²) >= 11 is 5.86. The summed E-state index contributed by atoms with van der Waals surface area (Å²) in [5.74, 6) is 0. The predicted molar refractivity (Wildman–Crippen MR) is 78.8 cm³/mol. The predicted octanol–water partition coefficient (Wildman–Crippen LogP) is -0.0486. The number of nitrogens with one attached hydrogen (secondary N) is 2. The Kier molecular flexibility index (Phi) is 7.73. The molecule has 2 rings (SSSR count). The van der Waals surface area contributed by atoms with Crippen LogP contribution in [0.1, 0.15) is 19.3 Å². The quantitative estimate of drug-likeness (QED) is 0.818. The van der Waals surface area contributed by atoms with Gasteiger partial charge in [0, 0.05) is 23.8 Å². The molecule has 2 N–H and O–H groups in total. The van der Waals surface area contributed by atoms with E-state index in [4.69, 9.17) is 11.6 Å². The third-order valence-electron chi connectivity index (χ3n) is 3.24. The van der Waals surface area contributed by atoms with Crippen LogP contribution in [0.2, 0.25) is 5.02 Å². The van der Waals surface area contributed by atoms with E-state index >= 15 is 0 Å². The van der Waals surface area contributed by atoms with Crippen molar-refractivity contribution >= 4 is 23.3 Å². The van der Waals surface area contributed by atoms with Gasteiger partial charge in [0.05, 0.1) is 0 Å². The molecule has 2 amide bonds. The van der Waals surface area contributed by atoms with Gasteiger partial charge in [-0.1, -0.05) is 24.1 Å². The van der Waals surface area contributed by atoms with Crippen LogP contribution in [-0.2, 0) is 0 Å². The van der Waals surface area contributed by atoms with Gasteiger partial charge in [-0.25, -0.2) is 4.79 Å². The molecule has 0 aromatic heterocycles. The van der Waals surface area contributed by atoms with Crippen LogP contribution in [0, 0.1) is 0 Å². The topological polar surface area (TPSA) is 44.4 Å². The van der Waals surface area contributed by atoms with Crippen LogP contribution in [0.3, 0.4) is 0 Å². The second-order valence-electron chi connectivity index (χ2n) is 4.79. The molecule has 0 bridgehead atoms. The Labute approximate surface area is 131 Å². The van der Waals surface area contributed by atoms with Crippen molar-refractivity contribution in [2.24, 2.45) is 0 Å². The van der Waals surface area contributed by atoms with Crippen LogP contribution in [0.25, 0.3) is 0 Å². The van der Waals surface area contributed by atoms with E-state index in [0.717, 1.165) is 19.6 Å².